The van der Waals surface area contributed by atoms with Crippen molar-refractivity contribution in [1.82, 2.24) is 30.1 Å². The maximum absolute atomic E-state index is 14.3. The van der Waals surface area contributed by atoms with Crippen LogP contribution in [0.2, 0.25) is 0 Å². The number of nitrogen functional groups attached to an aromatic ring is 1. The van der Waals surface area contributed by atoms with Gasteiger partial charge in [0.2, 0.25) is 11.8 Å². The quantitative estimate of drug-likeness (QED) is 0.267. The second-order valence-corrected chi connectivity index (χ2v) is 12.6. The molecule has 236 valence electrons. The van der Waals surface area contributed by atoms with Gasteiger partial charge >= 0.3 is 6.03 Å². The fraction of sp³-hybridized carbons (Fsp3) is 0.303. The molecule has 0 spiro atoms. The minimum atomic E-state index is -0.808. The van der Waals surface area contributed by atoms with E-state index in [0.29, 0.717) is 11.6 Å². The molecule has 2 aliphatic rings. The number of carbonyl (C=O) groups excluding carboxylic acids is 3. The minimum Gasteiger partial charge on any atom is -0.378 e. The first-order chi connectivity index (χ1) is 22.2. The summed E-state index contributed by atoms with van der Waals surface area (Å²) in [6, 6.07) is 23.9. The highest BCUT2D eigenvalue weighted by Crippen LogP contribution is 2.32. The number of hydrogen-bond acceptors (Lipinski definition) is 9. The van der Waals surface area contributed by atoms with Crippen LogP contribution in [-0.4, -0.2) is 88.6 Å². The predicted molar refractivity (Wildman–Crippen MR) is 176 cm³/mol. The van der Waals surface area contributed by atoms with Crippen LogP contribution in [-0.2, 0) is 29.1 Å². The van der Waals surface area contributed by atoms with Gasteiger partial charge in [-0.05, 0) is 34.9 Å². The molecule has 3 aromatic carbocycles. The zero-order chi connectivity index (χ0) is 32.4. The number of benzene rings is 3. The molecule has 2 fully saturated rings. The maximum Gasteiger partial charge on any atom is 0.333 e. The zero-order valence-corrected chi connectivity index (χ0v) is 26.5. The van der Waals surface area contributed by atoms with Gasteiger partial charge in [-0.2, -0.15) is 10.3 Å². The van der Waals surface area contributed by atoms with Crippen LogP contribution in [0.3, 0.4) is 0 Å². The number of piperazine rings is 1. The highest BCUT2D eigenvalue weighted by Gasteiger charge is 2.52. The Balaban J connectivity index is 1.32. The van der Waals surface area contributed by atoms with E-state index >= 15 is 0 Å². The number of rotatable bonds is 9. The number of nitrogens with two attached hydrogens (primary N) is 1. The fourth-order valence-corrected chi connectivity index (χ4v) is 6.89. The molecule has 2 atom stereocenters. The topological polar surface area (TPSA) is 142 Å². The van der Waals surface area contributed by atoms with E-state index in [1.54, 1.807) is 14.8 Å². The molecule has 13 heteroatoms. The molecule has 0 aliphatic carbocycles. The van der Waals surface area contributed by atoms with Crippen molar-refractivity contribution in [2.24, 2.45) is 0 Å². The van der Waals surface area contributed by atoms with Crippen LogP contribution >= 0.6 is 11.3 Å². The predicted octanol–water partition coefficient (Wildman–Crippen LogP) is 3.02. The van der Waals surface area contributed by atoms with Crippen molar-refractivity contribution in [3.8, 4) is 6.07 Å². The number of para-hydroxylation sites is 1. The molecule has 4 aromatic rings. The monoisotopic (exact) mass is 637 g/mol. The third-order valence-corrected chi connectivity index (χ3v) is 9.23. The van der Waals surface area contributed by atoms with Gasteiger partial charge in [-0.15, -0.1) is 0 Å². The summed E-state index contributed by atoms with van der Waals surface area (Å²) in [4.78, 5) is 51.3. The Kier molecular flexibility index (Phi) is 8.74. The van der Waals surface area contributed by atoms with Gasteiger partial charge in [0.15, 0.2) is 5.13 Å². The van der Waals surface area contributed by atoms with Crippen LogP contribution in [0.25, 0.3) is 10.2 Å². The smallest absolute Gasteiger partial charge is 0.333 e. The number of urea groups is 1. The fourth-order valence-electron chi connectivity index (χ4n) is 6.11. The number of amides is 4. The van der Waals surface area contributed by atoms with Gasteiger partial charge in [0.1, 0.15) is 18.8 Å². The van der Waals surface area contributed by atoms with Crippen LogP contribution in [0.5, 0.6) is 0 Å². The molecular weight excluding hydrogens is 602 g/mol. The van der Waals surface area contributed by atoms with Crippen LogP contribution in [0.1, 0.15) is 16.7 Å². The van der Waals surface area contributed by atoms with Crippen molar-refractivity contribution in [3.05, 3.63) is 89.5 Å². The first-order valence-corrected chi connectivity index (χ1v) is 15.8. The molecule has 46 heavy (non-hydrogen) atoms. The lowest BCUT2D eigenvalue weighted by atomic mass is 9.99. The molecule has 2 aliphatic heterocycles. The molecule has 0 radical (unpaired) electrons. The number of nitriles is 1. The van der Waals surface area contributed by atoms with Crippen molar-refractivity contribution < 1.29 is 14.4 Å². The number of carbonyl (C=O) groups is 3. The molecule has 0 saturated carbocycles. The van der Waals surface area contributed by atoms with E-state index in [0.717, 1.165) is 32.6 Å². The summed E-state index contributed by atoms with van der Waals surface area (Å²) in [7, 11) is 3.91. The molecular formula is C33H35N9O3S. The molecule has 2 saturated heterocycles. The van der Waals surface area contributed by atoms with Crippen molar-refractivity contribution in [1.29, 1.82) is 5.26 Å². The van der Waals surface area contributed by atoms with E-state index in [4.69, 9.17) is 5.73 Å². The average molecular weight is 638 g/mol. The number of fused-ring (bicyclic) bond motifs is 2. The van der Waals surface area contributed by atoms with E-state index in [2.05, 4.69) is 16.4 Å². The van der Waals surface area contributed by atoms with Gasteiger partial charge in [-0.1, -0.05) is 65.9 Å². The lowest BCUT2D eigenvalue weighted by Gasteiger charge is -2.46. The van der Waals surface area contributed by atoms with E-state index in [1.807, 2.05) is 91.8 Å². The average Bonchev–Trinajstić information content (AvgIpc) is 3.60. The van der Waals surface area contributed by atoms with Crippen molar-refractivity contribution in [2.75, 3.05) is 44.4 Å². The van der Waals surface area contributed by atoms with Gasteiger partial charge in [0.25, 0.3) is 0 Å². The number of nitrogens with zero attached hydrogens (tertiary/aromatic N) is 7. The van der Waals surface area contributed by atoms with Crippen LogP contribution in [0.4, 0.5) is 15.6 Å². The summed E-state index contributed by atoms with van der Waals surface area (Å²) >= 11 is 1.38. The van der Waals surface area contributed by atoms with Gasteiger partial charge in [0.05, 0.1) is 29.4 Å². The van der Waals surface area contributed by atoms with Gasteiger partial charge in [-0.3, -0.25) is 9.59 Å². The second kappa shape index (κ2) is 13.0. The van der Waals surface area contributed by atoms with Crippen molar-refractivity contribution >= 4 is 50.2 Å². The van der Waals surface area contributed by atoms with Crippen LogP contribution < -0.4 is 16.0 Å². The normalized spacial score (nSPS) is 18.0. The molecule has 0 unspecified atom stereocenters. The van der Waals surface area contributed by atoms with Crippen LogP contribution in [0, 0.1) is 11.3 Å². The summed E-state index contributed by atoms with van der Waals surface area (Å²) in [5, 5.41) is 15.9. The van der Waals surface area contributed by atoms with E-state index < -0.39 is 18.2 Å². The summed E-state index contributed by atoms with van der Waals surface area (Å²) in [6.45, 7) is 0.250. The SMILES string of the molecule is CN(C)c1ccc(C[C@H]2C(=O)N(Cc3cccc4sc(N)nc34)C[C@H]3N2C(=O)CN3N(CC#N)C(=O)NCc2ccccc2)cc1. The number of aromatic nitrogens is 1. The molecule has 6 rings (SSSR count). The second-order valence-electron chi connectivity index (χ2n) is 11.6. The summed E-state index contributed by atoms with van der Waals surface area (Å²) < 4.78 is 0.923. The lowest BCUT2D eigenvalue weighted by molar-refractivity contribution is -0.157. The molecule has 4 amide bonds. The van der Waals surface area contributed by atoms with E-state index in [9.17, 15) is 19.6 Å². The van der Waals surface area contributed by atoms with Crippen molar-refractivity contribution in [2.45, 2.75) is 31.7 Å². The molecule has 12 nitrogen and oxygen atoms in total. The minimum absolute atomic E-state index is 0.138. The van der Waals surface area contributed by atoms with Crippen molar-refractivity contribution in [3.63, 3.8) is 0 Å². The van der Waals surface area contributed by atoms with Gasteiger partial charge in [0, 0.05) is 39.3 Å². The Morgan fingerprint density at radius 3 is 2.54 bits per heavy atom. The van der Waals surface area contributed by atoms with Gasteiger partial charge in [-0.25, -0.2) is 14.8 Å². The Labute approximate surface area is 271 Å². The number of thiazole rings is 1. The summed E-state index contributed by atoms with van der Waals surface area (Å²) in [5.74, 6) is -0.468. The third-order valence-electron chi connectivity index (χ3n) is 8.38. The highest BCUT2D eigenvalue weighted by molar-refractivity contribution is 7.22. The van der Waals surface area contributed by atoms with Crippen LogP contribution in [0.15, 0.2) is 72.8 Å². The molecule has 3 N–H and O–H groups in total. The Morgan fingerprint density at radius 1 is 1.07 bits per heavy atom. The number of hydrazine groups is 1. The largest absolute Gasteiger partial charge is 0.378 e. The van der Waals surface area contributed by atoms with E-state index in [-0.39, 0.29) is 44.5 Å². The van der Waals surface area contributed by atoms with E-state index in [1.165, 1.54) is 16.3 Å². The number of anilines is 2. The lowest BCUT2D eigenvalue weighted by Crippen LogP contribution is -2.66. The number of nitrogens with one attached hydrogen (secondary N) is 1. The summed E-state index contributed by atoms with van der Waals surface area (Å²) in [5.41, 5.74) is 10.4. The summed E-state index contributed by atoms with van der Waals surface area (Å²) in [6.07, 6.45) is -0.363. The first-order valence-electron chi connectivity index (χ1n) is 15.0. The molecule has 1 aromatic heterocycles. The molecule has 3 heterocycles. The standard InChI is InChI=1S/C33H35N9O3S/c1-38(2)25-13-11-22(12-14-25)17-26-31(44)39(19-24-9-6-10-27-30(24)37-32(35)46-27)20-28-41(21-29(43)42(26)28)40(16-15-34)33(45)36-18-23-7-4-3-5-8-23/h3-14,26,28H,16-21H2,1-2H3,(H2,35,37)(H,36,45)/t26-,28+/m0/s1. The van der Waals surface area contributed by atoms with Gasteiger partial charge < -0.3 is 25.8 Å². The first kappa shape index (κ1) is 30.8. The maximum atomic E-state index is 14.3. The Morgan fingerprint density at radius 2 is 1.83 bits per heavy atom. The third kappa shape index (κ3) is 6.17. The Bertz CT molecular complexity index is 1790. The molecule has 0 bridgehead atoms. The highest BCUT2D eigenvalue weighted by atomic mass is 32.1. The number of hydrogen-bond donors (Lipinski definition) is 2. The Hall–Kier alpha value is -5.19. The zero-order valence-electron chi connectivity index (χ0n) is 25.7.